The van der Waals surface area contributed by atoms with Gasteiger partial charge in [0.05, 0.1) is 6.04 Å². The number of halogens is 2. The van der Waals surface area contributed by atoms with E-state index >= 15 is 0 Å². The molecule has 0 aliphatic carbocycles. The summed E-state index contributed by atoms with van der Waals surface area (Å²) < 4.78 is 23.9. The van der Waals surface area contributed by atoms with E-state index in [2.05, 4.69) is 0 Å². The number of carbonyl (C=O) groups excluding carboxylic acids is 1. The first-order valence-corrected chi connectivity index (χ1v) is 2.53. The Labute approximate surface area is 52.0 Å². The first-order valence-electron chi connectivity index (χ1n) is 2.53. The number of nitrogens with two attached hydrogens (primary N) is 1. The molecule has 0 aromatic carbocycles. The van der Waals surface area contributed by atoms with Crippen LogP contribution in [0.1, 0.15) is 13.8 Å². The van der Waals surface area contributed by atoms with E-state index in [1.807, 2.05) is 0 Å². The van der Waals surface area contributed by atoms with Gasteiger partial charge in [-0.05, 0) is 6.92 Å². The molecule has 0 aromatic heterocycles. The Balaban J connectivity index is 4.06. The van der Waals surface area contributed by atoms with Gasteiger partial charge in [0.2, 0.25) is 5.78 Å². The third-order valence-corrected chi connectivity index (χ3v) is 0.846. The molecule has 9 heavy (non-hydrogen) atoms. The van der Waals surface area contributed by atoms with Crippen LogP contribution in [-0.4, -0.2) is 17.7 Å². The fourth-order valence-electron chi connectivity index (χ4n) is 0.400. The first-order chi connectivity index (χ1) is 3.85. The molecule has 0 bridgehead atoms. The lowest BCUT2D eigenvalue weighted by Gasteiger charge is -2.10. The average Bonchev–Trinajstić information content (AvgIpc) is 1.62. The van der Waals surface area contributed by atoms with Crippen molar-refractivity contribution in [2.24, 2.45) is 5.73 Å². The number of rotatable bonds is 2. The van der Waals surface area contributed by atoms with Gasteiger partial charge in [-0.15, -0.1) is 0 Å². The molecule has 0 aromatic rings. The second-order valence-corrected chi connectivity index (χ2v) is 2.04. The molecule has 0 radical (unpaired) electrons. The van der Waals surface area contributed by atoms with E-state index in [1.165, 1.54) is 6.92 Å². The molecule has 0 aliphatic heterocycles. The summed E-state index contributed by atoms with van der Waals surface area (Å²) >= 11 is 0. The number of hydrogen-bond acceptors (Lipinski definition) is 2. The maximum Gasteiger partial charge on any atom is 0.304 e. The fourth-order valence-corrected chi connectivity index (χ4v) is 0.400. The Morgan fingerprint density at radius 2 is 2.00 bits per heavy atom. The van der Waals surface area contributed by atoms with E-state index in [-0.39, 0.29) is 0 Å². The van der Waals surface area contributed by atoms with Gasteiger partial charge >= 0.3 is 5.92 Å². The van der Waals surface area contributed by atoms with Crippen molar-refractivity contribution in [1.29, 1.82) is 0 Å². The maximum absolute atomic E-state index is 11.9. The Hall–Kier alpha value is -0.510. The second-order valence-electron chi connectivity index (χ2n) is 2.04. The highest BCUT2D eigenvalue weighted by Gasteiger charge is 2.33. The highest BCUT2D eigenvalue weighted by molar-refractivity contribution is 5.89. The van der Waals surface area contributed by atoms with Gasteiger partial charge in [-0.2, -0.15) is 8.78 Å². The number of hydrogen-bond donors (Lipinski definition) is 1. The predicted octanol–water partition coefficient (Wildman–Crippen LogP) is 0.558. The summed E-state index contributed by atoms with van der Waals surface area (Å²) in [7, 11) is 0. The summed E-state index contributed by atoms with van der Waals surface area (Å²) in [6.07, 6.45) is 0. The van der Waals surface area contributed by atoms with Crippen LogP contribution in [0.2, 0.25) is 0 Å². The summed E-state index contributed by atoms with van der Waals surface area (Å²) in [4.78, 5) is 10.3. The van der Waals surface area contributed by atoms with E-state index in [0.29, 0.717) is 6.92 Å². The highest BCUT2D eigenvalue weighted by Crippen LogP contribution is 2.13. The zero-order chi connectivity index (χ0) is 7.65. The van der Waals surface area contributed by atoms with Crippen LogP contribution in [0.4, 0.5) is 8.78 Å². The Morgan fingerprint density at radius 3 is 2.00 bits per heavy atom. The molecule has 4 heteroatoms. The minimum Gasteiger partial charge on any atom is -0.322 e. The van der Waals surface area contributed by atoms with Crippen LogP contribution in [0.5, 0.6) is 0 Å². The van der Waals surface area contributed by atoms with E-state index in [1.54, 1.807) is 0 Å². The largest absolute Gasteiger partial charge is 0.322 e. The molecule has 0 heterocycles. The van der Waals surface area contributed by atoms with Crippen molar-refractivity contribution in [3.05, 3.63) is 0 Å². The topological polar surface area (TPSA) is 43.1 Å². The molecule has 0 rings (SSSR count). The standard InChI is InChI=1S/C5H9F2NO/c1-3(8)4(9)5(2,6)7/h3H,8H2,1-2H3. The molecule has 1 unspecified atom stereocenters. The number of ketones is 1. The smallest absolute Gasteiger partial charge is 0.304 e. The number of alkyl halides is 2. The van der Waals surface area contributed by atoms with Gasteiger partial charge < -0.3 is 5.73 Å². The lowest BCUT2D eigenvalue weighted by molar-refractivity contribution is -0.141. The van der Waals surface area contributed by atoms with E-state index in [4.69, 9.17) is 5.73 Å². The van der Waals surface area contributed by atoms with Crippen LogP contribution in [0.15, 0.2) is 0 Å². The zero-order valence-corrected chi connectivity index (χ0v) is 5.32. The molecular weight excluding hydrogens is 128 g/mol. The monoisotopic (exact) mass is 137 g/mol. The van der Waals surface area contributed by atoms with Gasteiger partial charge in [0.15, 0.2) is 0 Å². The fraction of sp³-hybridized carbons (Fsp3) is 0.800. The van der Waals surface area contributed by atoms with Crippen molar-refractivity contribution < 1.29 is 13.6 Å². The van der Waals surface area contributed by atoms with Crippen molar-refractivity contribution in [3.8, 4) is 0 Å². The van der Waals surface area contributed by atoms with Crippen molar-refractivity contribution in [1.82, 2.24) is 0 Å². The van der Waals surface area contributed by atoms with Gasteiger partial charge in [-0.1, -0.05) is 0 Å². The average molecular weight is 137 g/mol. The third kappa shape index (κ3) is 2.51. The molecule has 0 amide bonds. The molecule has 2 N–H and O–H groups in total. The van der Waals surface area contributed by atoms with Crippen LogP contribution >= 0.6 is 0 Å². The molecular formula is C5H9F2NO. The summed E-state index contributed by atoms with van der Waals surface area (Å²) in [6, 6.07) is -1.08. The normalized spacial score (nSPS) is 15.2. The SMILES string of the molecule is CC(N)C(=O)C(C)(F)F. The molecule has 0 aliphatic rings. The molecule has 0 saturated carbocycles. The number of carbonyl (C=O) groups is 1. The molecule has 2 nitrogen and oxygen atoms in total. The number of Topliss-reactive ketones (excluding diaryl/α,β-unsaturated/α-hetero) is 1. The molecule has 54 valence electrons. The minimum absolute atomic E-state index is 0.540. The quantitative estimate of drug-likeness (QED) is 0.604. The molecule has 1 atom stereocenters. The van der Waals surface area contributed by atoms with Crippen molar-refractivity contribution in [3.63, 3.8) is 0 Å². The van der Waals surface area contributed by atoms with Crippen LogP contribution in [0, 0.1) is 0 Å². The summed E-state index contributed by atoms with van der Waals surface area (Å²) in [5.74, 6) is -4.50. The summed E-state index contributed by atoms with van der Waals surface area (Å²) in [5, 5.41) is 0. The molecule has 0 spiro atoms. The summed E-state index contributed by atoms with van der Waals surface area (Å²) in [5.41, 5.74) is 4.89. The van der Waals surface area contributed by atoms with Gasteiger partial charge in [0, 0.05) is 6.92 Å². The Kier molecular flexibility index (Phi) is 2.25. The first kappa shape index (κ1) is 8.49. The Morgan fingerprint density at radius 1 is 1.67 bits per heavy atom. The highest BCUT2D eigenvalue weighted by atomic mass is 19.3. The molecule has 0 saturated heterocycles. The second kappa shape index (κ2) is 2.39. The lowest BCUT2D eigenvalue weighted by Crippen LogP contribution is -2.38. The van der Waals surface area contributed by atoms with E-state index in [0.717, 1.165) is 0 Å². The Bertz CT molecular complexity index is 117. The van der Waals surface area contributed by atoms with Crippen LogP contribution in [-0.2, 0) is 4.79 Å². The van der Waals surface area contributed by atoms with Crippen molar-refractivity contribution in [2.45, 2.75) is 25.8 Å². The van der Waals surface area contributed by atoms with Crippen LogP contribution in [0.25, 0.3) is 0 Å². The van der Waals surface area contributed by atoms with Crippen LogP contribution in [0.3, 0.4) is 0 Å². The van der Waals surface area contributed by atoms with Crippen LogP contribution < -0.4 is 5.73 Å². The van der Waals surface area contributed by atoms with E-state index in [9.17, 15) is 13.6 Å². The molecule has 0 fully saturated rings. The van der Waals surface area contributed by atoms with Gasteiger partial charge in [-0.3, -0.25) is 4.79 Å². The van der Waals surface area contributed by atoms with E-state index < -0.39 is 17.7 Å². The van der Waals surface area contributed by atoms with Crippen molar-refractivity contribution in [2.75, 3.05) is 0 Å². The third-order valence-electron chi connectivity index (χ3n) is 0.846. The minimum atomic E-state index is -3.28. The van der Waals surface area contributed by atoms with Gasteiger partial charge in [0.25, 0.3) is 0 Å². The maximum atomic E-state index is 11.9. The van der Waals surface area contributed by atoms with Gasteiger partial charge in [0.1, 0.15) is 0 Å². The summed E-state index contributed by atoms with van der Waals surface area (Å²) in [6.45, 7) is 1.78. The van der Waals surface area contributed by atoms with Gasteiger partial charge in [-0.25, -0.2) is 0 Å². The lowest BCUT2D eigenvalue weighted by atomic mass is 10.1. The zero-order valence-electron chi connectivity index (χ0n) is 5.32. The predicted molar refractivity (Wildman–Crippen MR) is 29.3 cm³/mol. The van der Waals surface area contributed by atoms with Crippen molar-refractivity contribution >= 4 is 5.78 Å².